The summed E-state index contributed by atoms with van der Waals surface area (Å²) < 4.78 is 2.13. The minimum absolute atomic E-state index is 0.0471. The molecule has 1 aliphatic carbocycles. The summed E-state index contributed by atoms with van der Waals surface area (Å²) in [4.78, 5) is 17.3. The Labute approximate surface area is 155 Å². The van der Waals surface area contributed by atoms with Crippen LogP contribution in [0.4, 0.5) is 5.82 Å². The molecule has 0 aliphatic heterocycles. The maximum Gasteiger partial charge on any atom is 0.236 e. The van der Waals surface area contributed by atoms with Gasteiger partial charge in [-0.1, -0.05) is 44.2 Å². The molecular formula is C22H27N3O. The van der Waals surface area contributed by atoms with Crippen molar-refractivity contribution in [2.24, 2.45) is 7.05 Å². The fourth-order valence-corrected chi connectivity index (χ4v) is 3.48. The number of carbonyl (C=O) groups excluding carboxylic acids is 1. The van der Waals surface area contributed by atoms with Crippen LogP contribution < -0.4 is 5.32 Å². The van der Waals surface area contributed by atoms with Crippen molar-refractivity contribution in [1.29, 1.82) is 0 Å². The van der Waals surface area contributed by atoms with Crippen molar-refractivity contribution < 1.29 is 4.79 Å². The minimum atomic E-state index is -0.375. The molecule has 1 fully saturated rings. The number of anilines is 1. The van der Waals surface area contributed by atoms with Crippen LogP contribution in [0, 0.1) is 13.8 Å². The van der Waals surface area contributed by atoms with E-state index in [-0.39, 0.29) is 11.3 Å². The van der Waals surface area contributed by atoms with E-state index in [1.807, 2.05) is 63.5 Å². The van der Waals surface area contributed by atoms with Gasteiger partial charge in [0, 0.05) is 18.1 Å². The average molecular weight is 349 g/mol. The first-order valence-electron chi connectivity index (χ1n) is 9.31. The van der Waals surface area contributed by atoms with Crippen LogP contribution in [-0.2, 0) is 17.3 Å². The van der Waals surface area contributed by atoms with Gasteiger partial charge < -0.3 is 9.88 Å². The van der Waals surface area contributed by atoms with Crippen LogP contribution in [0.1, 0.15) is 43.5 Å². The minimum Gasteiger partial charge on any atom is -0.346 e. The van der Waals surface area contributed by atoms with E-state index in [9.17, 15) is 4.79 Å². The van der Waals surface area contributed by atoms with Crippen LogP contribution in [0.5, 0.6) is 0 Å². The van der Waals surface area contributed by atoms with Gasteiger partial charge in [-0.2, -0.15) is 0 Å². The lowest BCUT2D eigenvalue weighted by Crippen LogP contribution is -2.28. The lowest BCUT2D eigenvalue weighted by atomic mass is 9.95. The lowest BCUT2D eigenvalue weighted by Gasteiger charge is -2.15. The van der Waals surface area contributed by atoms with Gasteiger partial charge in [0.05, 0.1) is 17.1 Å². The average Bonchev–Trinajstić information content (AvgIpc) is 3.47. The molecule has 3 aromatic rings. The van der Waals surface area contributed by atoms with E-state index in [2.05, 4.69) is 28.7 Å². The molecule has 0 atom stereocenters. The summed E-state index contributed by atoms with van der Waals surface area (Å²) in [5.41, 5.74) is 4.26. The number of benzene rings is 1. The number of nitrogens with zero attached hydrogens (tertiary/aromatic N) is 2. The van der Waals surface area contributed by atoms with Crippen molar-refractivity contribution in [3.63, 3.8) is 0 Å². The normalized spacial score (nSPS) is 14.5. The van der Waals surface area contributed by atoms with Crippen molar-refractivity contribution in [2.45, 2.75) is 46.0 Å². The Hall–Kier alpha value is -2.62. The monoisotopic (exact) mass is 349 g/mol. The number of rotatable bonds is 3. The molecule has 1 aliphatic rings. The second-order valence-electron chi connectivity index (χ2n) is 6.76. The van der Waals surface area contributed by atoms with Crippen LogP contribution in [-0.4, -0.2) is 15.5 Å². The third-order valence-electron chi connectivity index (χ3n) is 5.45. The molecule has 2 aromatic heterocycles. The number of carbonyl (C=O) groups is 1. The molecule has 0 radical (unpaired) electrons. The summed E-state index contributed by atoms with van der Waals surface area (Å²) in [6.07, 6.45) is 3.64. The van der Waals surface area contributed by atoms with Crippen LogP contribution >= 0.6 is 0 Å². The Bertz CT molecular complexity index is 937. The molecule has 26 heavy (non-hydrogen) atoms. The Morgan fingerprint density at radius 2 is 1.81 bits per heavy atom. The summed E-state index contributed by atoms with van der Waals surface area (Å²) in [6, 6.07) is 12.0. The summed E-state index contributed by atoms with van der Waals surface area (Å²) >= 11 is 0. The van der Waals surface area contributed by atoms with E-state index in [1.165, 1.54) is 11.3 Å². The molecular weight excluding hydrogens is 322 g/mol. The standard InChI is InChI=1S/C20H21N3O.C2H6/c1-13-14(2)23(3)17-12-21-18(11-16(13)17)22-19(24)20(9-10-20)15-7-5-4-6-8-15;1-2/h4-8,11-12H,9-10H2,1-3H3,(H,21,22,24);1-2H3. The SMILES string of the molecule is CC.Cc1c(C)n(C)c2cnc(NC(=O)C3(c4ccccc4)CC3)cc12. The molecule has 0 spiro atoms. The highest BCUT2D eigenvalue weighted by molar-refractivity contribution is 6.02. The van der Waals surface area contributed by atoms with Crippen LogP contribution in [0.15, 0.2) is 42.6 Å². The first kappa shape index (κ1) is 18.2. The molecule has 1 N–H and O–H groups in total. The maximum atomic E-state index is 12.8. The predicted molar refractivity (Wildman–Crippen MR) is 108 cm³/mol. The van der Waals surface area contributed by atoms with Crippen molar-refractivity contribution >= 4 is 22.6 Å². The second kappa shape index (κ2) is 6.94. The van der Waals surface area contributed by atoms with E-state index in [0.717, 1.165) is 29.3 Å². The molecule has 0 unspecified atom stereocenters. The molecule has 1 aromatic carbocycles. The zero-order chi connectivity index (χ0) is 18.9. The number of amides is 1. The largest absolute Gasteiger partial charge is 0.346 e. The van der Waals surface area contributed by atoms with Crippen molar-refractivity contribution in [3.8, 4) is 0 Å². The molecule has 4 nitrogen and oxygen atoms in total. The van der Waals surface area contributed by atoms with Gasteiger partial charge in [0.15, 0.2) is 0 Å². The molecule has 0 saturated heterocycles. The summed E-state index contributed by atoms with van der Waals surface area (Å²) in [7, 11) is 2.04. The first-order chi connectivity index (χ1) is 12.5. The van der Waals surface area contributed by atoms with Crippen molar-refractivity contribution in [3.05, 3.63) is 59.4 Å². The van der Waals surface area contributed by atoms with Crippen molar-refractivity contribution in [2.75, 3.05) is 5.32 Å². The Morgan fingerprint density at radius 3 is 2.42 bits per heavy atom. The fourth-order valence-electron chi connectivity index (χ4n) is 3.48. The van der Waals surface area contributed by atoms with Crippen LogP contribution in [0.25, 0.3) is 10.9 Å². The van der Waals surface area contributed by atoms with E-state index < -0.39 is 0 Å². The number of aryl methyl sites for hydroxylation is 2. The second-order valence-corrected chi connectivity index (χ2v) is 6.76. The number of aromatic nitrogens is 2. The van der Waals surface area contributed by atoms with Gasteiger partial charge in [-0.05, 0) is 43.9 Å². The molecule has 2 heterocycles. The summed E-state index contributed by atoms with van der Waals surface area (Å²) in [5, 5.41) is 4.18. The van der Waals surface area contributed by atoms with E-state index in [4.69, 9.17) is 0 Å². The van der Waals surface area contributed by atoms with Crippen LogP contribution in [0.3, 0.4) is 0 Å². The summed E-state index contributed by atoms with van der Waals surface area (Å²) in [5.74, 6) is 0.675. The van der Waals surface area contributed by atoms with E-state index in [1.54, 1.807) is 0 Å². The Morgan fingerprint density at radius 1 is 1.15 bits per heavy atom. The third-order valence-corrected chi connectivity index (χ3v) is 5.45. The molecule has 0 bridgehead atoms. The molecule has 4 rings (SSSR count). The number of pyridine rings is 1. The van der Waals surface area contributed by atoms with Gasteiger partial charge in [0.1, 0.15) is 5.82 Å². The smallest absolute Gasteiger partial charge is 0.236 e. The molecule has 1 amide bonds. The molecule has 4 heteroatoms. The zero-order valence-corrected chi connectivity index (χ0v) is 16.3. The third kappa shape index (κ3) is 2.90. The topological polar surface area (TPSA) is 46.9 Å². The molecule has 1 saturated carbocycles. The number of hydrogen-bond donors (Lipinski definition) is 1. The Kier molecular flexibility index (Phi) is 4.86. The Balaban J connectivity index is 0.000000948. The molecule has 136 valence electrons. The fraction of sp³-hybridized carbons (Fsp3) is 0.364. The van der Waals surface area contributed by atoms with Gasteiger partial charge in [0.2, 0.25) is 5.91 Å². The number of hydrogen-bond acceptors (Lipinski definition) is 2. The highest BCUT2D eigenvalue weighted by Crippen LogP contribution is 2.48. The number of fused-ring (bicyclic) bond motifs is 1. The maximum absolute atomic E-state index is 12.8. The van der Waals surface area contributed by atoms with Gasteiger partial charge in [-0.3, -0.25) is 4.79 Å². The van der Waals surface area contributed by atoms with Crippen molar-refractivity contribution in [1.82, 2.24) is 9.55 Å². The quantitative estimate of drug-likeness (QED) is 0.732. The van der Waals surface area contributed by atoms with Gasteiger partial charge in [-0.15, -0.1) is 0 Å². The highest BCUT2D eigenvalue weighted by atomic mass is 16.2. The van der Waals surface area contributed by atoms with E-state index in [0.29, 0.717) is 5.82 Å². The van der Waals surface area contributed by atoms with E-state index >= 15 is 0 Å². The zero-order valence-electron chi connectivity index (χ0n) is 16.3. The van der Waals surface area contributed by atoms with Gasteiger partial charge >= 0.3 is 0 Å². The van der Waals surface area contributed by atoms with Crippen LogP contribution in [0.2, 0.25) is 0 Å². The predicted octanol–water partition coefficient (Wildman–Crippen LogP) is 4.89. The lowest BCUT2D eigenvalue weighted by molar-refractivity contribution is -0.118. The first-order valence-corrected chi connectivity index (χ1v) is 9.31. The van der Waals surface area contributed by atoms with Gasteiger partial charge in [0.25, 0.3) is 0 Å². The van der Waals surface area contributed by atoms with Gasteiger partial charge in [-0.25, -0.2) is 4.98 Å². The highest BCUT2D eigenvalue weighted by Gasteiger charge is 2.51. The summed E-state index contributed by atoms with van der Waals surface area (Å²) in [6.45, 7) is 8.21. The number of nitrogens with one attached hydrogen (secondary N) is 1.